The Kier molecular flexibility index (Phi) is 11.9. The number of rotatable bonds is 8. The zero-order chi connectivity index (χ0) is 32.1. The summed E-state index contributed by atoms with van der Waals surface area (Å²) in [5.74, 6) is -0.0757. The van der Waals surface area contributed by atoms with Gasteiger partial charge in [0.15, 0.2) is 6.23 Å². The van der Waals surface area contributed by atoms with Gasteiger partial charge in [0.05, 0.1) is 18.3 Å². The van der Waals surface area contributed by atoms with E-state index in [2.05, 4.69) is 21.0 Å². The summed E-state index contributed by atoms with van der Waals surface area (Å²) in [7, 11) is 0. The lowest BCUT2D eigenvalue weighted by Crippen LogP contribution is -2.41. The summed E-state index contributed by atoms with van der Waals surface area (Å²) in [5, 5.41) is 6.37. The van der Waals surface area contributed by atoms with E-state index in [9.17, 15) is 9.59 Å². The van der Waals surface area contributed by atoms with Gasteiger partial charge >= 0.3 is 12.2 Å². The first kappa shape index (κ1) is 34.8. The second-order valence-corrected chi connectivity index (χ2v) is 14.9. The molecule has 1 unspecified atom stereocenters. The molecule has 1 aromatic carbocycles. The van der Waals surface area contributed by atoms with Crippen molar-refractivity contribution in [3.05, 3.63) is 27.3 Å². The van der Waals surface area contributed by atoms with Crippen LogP contribution in [0.3, 0.4) is 0 Å². The van der Waals surface area contributed by atoms with E-state index in [4.69, 9.17) is 30.5 Å². The van der Waals surface area contributed by atoms with Crippen molar-refractivity contribution >= 4 is 50.6 Å². The van der Waals surface area contributed by atoms with E-state index in [1.807, 2.05) is 58.5 Å². The molecule has 0 radical (unpaired) electrons. The third-order valence-electron chi connectivity index (χ3n) is 7.53. The number of benzene rings is 1. The monoisotopic (exact) mass is 698 g/mol. The van der Waals surface area contributed by atoms with E-state index >= 15 is 0 Å². The highest BCUT2D eigenvalue weighted by atomic mass is 79.9. The first-order valence-corrected chi connectivity index (χ1v) is 16.9. The van der Waals surface area contributed by atoms with Crippen LogP contribution in [0.15, 0.2) is 16.7 Å². The number of nitrogens with zero attached hydrogens (tertiary/aromatic N) is 4. The van der Waals surface area contributed by atoms with Crippen LogP contribution >= 0.6 is 27.5 Å². The normalized spacial score (nSPS) is 18.9. The summed E-state index contributed by atoms with van der Waals surface area (Å²) in [6, 6.07) is 2.00. The van der Waals surface area contributed by atoms with Crippen LogP contribution < -0.4 is 0 Å². The van der Waals surface area contributed by atoms with Gasteiger partial charge in [0.2, 0.25) is 0 Å². The molecule has 0 spiro atoms. The fourth-order valence-corrected chi connectivity index (χ4v) is 6.61. The van der Waals surface area contributed by atoms with E-state index in [1.54, 1.807) is 9.80 Å². The molecule has 0 saturated carbocycles. The standard InChI is InChI=1S/C32H48BrClN4O6/c1-31(2,3)43-29(39)36-13-14-37(30(40)44-32(4,5)6)20-22(19-36)21-41-15-9-7-11-23-25(34)17-26-24(28(23)33)18-35-38(26)27-12-8-10-16-42-27/h17-18,22,27H,7-16,19-21H2,1-6H3. The van der Waals surface area contributed by atoms with Crippen LogP contribution in [0.25, 0.3) is 10.9 Å². The summed E-state index contributed by atoms with van der Waals surface area (Å²) in [5.41, 5.74) is 0.832. The van der Waals surface area contributed by atoms with Crippen molar-refractivity contribution in [1.29, 1.82) is 0 Å². The second-order valence-electron chi connectivity index (χ2n) is 13.7. The lowest BCUT2D eigenvalue weighted by molar-refractivity contribution is -0.0366. The summed E-state index contributed by atoms with van der Waals surface area (Å²) in [4.78, 5) is 29.1. The Morgan fingerprint density at radius 2 is 1.66 bits per heavy atom. The Bertz CT molecular complexity index is 1250. The number of hydrogen-bond donors (Lipinski definition) is 0. The number of halogens is 2. The van der Waals surface area contributed by atoms with Crippen LogP contribution in [0, 0.1) is 5.92 Å². The Hall–Kier alpha value is -2.08. The molecular weight excluding hydrogens is 652 g/mol. The molecule has 2 saturated heterocycles. The van der Waals surface area contributed by atoms with Crippen molar-refractivity contribution < 1.29 is 28.5 Å². The van der Waals surface area contributed by atoms with Gasteiger partial charge in [0, 0.05) is 60.2 Å². The molecule has 3 heterocycles. The number of hydrogen-bond acceptors (Lipinski definition) is 7. The molecule has 4 rings (SSSR count). The predicted molar refractivity (Wildman–Crippen MR) is 174 cm³/mol. The summed E-state index contributed by atoms with van der Waals surface area (Å²) in [6.45, 7) is 14.4. The molecule has 1 atom stereocenters. The summed E-state index contributed by atoms with van der Waals surface area (Å²) < 4.78 is 26.2. The van der Waals surface area contributed by atoms with Gasteiger partial charge in [-0.15, -0.1) is 0 Å². The van der Waals surface area contributed by atoms with Crippen molar-refractivity contribution in [1.82, 2.24) is 19.6 Å². The number of unbranched alkanes of at least 4 members (excludes halogenated alkanes) is 1. The van der Waals surface area contributed by atoms with Gasteiger partial charge < -0.3 is 28.7 Å². The van der Waals surface area contributed by atoms with Gasteiger partial charge in [0.25, 0.3) is 0 Å². The van der Waals surface area contributed by atoms with Gasteiger partial charge in [-0.2, -0.15) is 5.10 Å². The van der Waals surface area contributed by atoms with Gasteiger partial charge in [0.1, 0.15) is 11.2 Å². The van der Waals surface area contributed by atoms with Crippen LogP contribution in [0.2, 0.25) is 5.02 Å². The molecule has 2 fully saturated rings. The van der Waals surface area contributed by atoms with Gasteiger partial charge in [-0.05, 0) is 108 Å². The minimum atomic E-state index is -0.604. The number of carbonyl (C=O) groups excluding carboxylic acids is 2. The smallest absolute Gasteiger partial charge is 0.410 e. The molecule has 0 N–H and O–H groups in total. The van der Waals surface area contributed by atoms with E-state index in [-0.39, 0.29) is 24.3 Å². The third-order valence-corrected chi connectivity index (χ3v) is 8.78. The highest BCUT2D eigenvalue weighted by Gasteiger charge is 2.32. The average molecular weight is 700 g/mol. The molecule has 0 aliphatic carbocycles. The first-order chi connectivity index (χ1) is 20.7. The van der Waals surface area contributed by atoms with Crippen molar-refractivity contribution in [2.45, 2.75) is 97.5 Å². The molecule has 0 bridgehead atoms. The predicted octanol–water partition coefficient (Wildman–Crippen LogP) is 7.59. The first-order valence-electron chi connectivity index (χ1n) is 15.7. The van der Waals surface area contributed by atoms with Crippen LogP contribution in [0.4, 0.5) is 9.59 Å². The molecule has 2 amide bonds. The zero-order valence-corrected chi connectivity index (χ0v) is 29.3. The van der Waals surface area contributed by atoms with E-state index < -0.39 is 11.2 Å². The molecule has 2 aliphatic rings. The molecule has 2 aliphatic heterocycles. The topological polar surface area (TPSA) is 95.4 Å². The molecule has 44 heavy (non-hydrogen) atoms. The average Bonchev–Trinajstić information content (AvgIpc) is 3.22. The quantitative estimate of drug-likeness (QED) is 0.262. The maximum absolute atomic E-state index is 12.9. The molecular formula is C32H48BrClN4O6. The van der Waals surface area contributed by atoms with Gasteiger partial charge in [-0.3, -0.25) is 0 Å². The van der Waals surface area contributed by atoms with Crippen molar-refractivity contribution in [3.63, 3.8) is 0 Å². The molecule has 2 aromatic rings. The Morgan fingerprint density at radius 3 is 2.23 bits per heavy atom. The van der Waals surface area contributed by atoms with Gasteiger partial charge in [-0.1, -0.05) is 11.6 Å². The molecule has 12 heteroatoms. The number of amides is 2. The molecule has 1 aromatic heterocycles. The molecule has 10 nitrogen and oxygen atoms in total. The second kappa shape index (κ2) is 15.0. The summed E-state index contributed by atoms with van der Waals surface area (Å²) >= 11 is 10.6. The number of aromatic nitrogens is 2. The SMILES string of the molecule is CC(C)(C)OC(=O)N1CCN(C(=O)OC(C)(C)C)CC(COCCCCc2c(Cl)cc3c(cnn3C3CCCCO3)c2Br)C1. The number of ether oxygens (including phenoxy) is 4. The minimum absolute atomic E-state index is 0.0480. The largest absolute Gasteiger partial charge is 0.444 e. The fraction of sp³-hybridized carbons (Fsp3) is 0.719. The summed E-state index contributed by atoms with van der Waals surface area (Å²) in [6.07, 6.45) is 6.77. The van der Waals surface area contributed by atoms with Crippen LogP contribution in [0.5, 0.6) is 0 Å². The highest BCUT2D eigenvalue weighted by Crippen LogP contribution is 2.36. The van der Waals surface area contributed by atoms with Crippen molar-refractivity contribution in [2.75, 3.05) is 46.0 Å². The fourth-order valence-electron chi connectivity index (χ4n) is 5.49. The zero-order valence-electron chi connectivity index (χ0n) is 27.0. The third kappa shape index (κ3) is 9.71. The van der Waals surface area contributed by atoms with Crippen molar-refractivity contribution in [2.24, 2.45) is 5.92 Å². The maximum Gasteiger partial charge on any atom is 0.410 e. The van der Waals surface area contributed by atoms with Crippen molar-refractivity contribution in [3.8, 4) is 0 Å². The Labute approximate surface area is 274 Å². The minimum Gasteiger partial charge on any atom is -0.444 e. The lowest BCUT2D eigenvalue weighted by atomic mass is 10.1. The number of fused-ring (bicyclic) bond motifs is 1. The maximum atomic E-state index is 12.9. The Balaban J connectivity index is 1.31. The van der Waals surface area contributed by atoms with Crippen LogP contribution in [-0.2, 0) is 25.4 Å². The highest BCUT2D eigenvalue weighted by molar-refractivity contribution is 9.10. The van der Waals surface area contributed by atoms with Crippen LogP contribution in [0.1, 0.15) is 85.4 Å². The Morgan fingerprint density at radius 1 is 1.02 bits per heavy atom. The van der Waals surface area contributed by atoms with E-state index in [0.29, 0.717) is 44.4 Å². The van der Waals surface area contributed by atoms with E-state index in [1.165, 1.54) is 0 Å². The van der Waals surface area contributed by atoms with E-state index in [0.717, 1.165) is 66.1 Å². The lowest BCUT2D eigenvalue weighted by Gasteiger charge is -2.28. The van der Waals surface area contributed by atoms with Crippen LogP contribution in [-0.4, -0.2) is 89.0 Å². The number of carbonyl (C=O) groups is 2. The molecule has 246 valence electrons. The van der Waals surface area contributed by atoms with Gasteiger partial charge in [-0.25, -0.2) is 14.3 Å².